The number of rotatable bonds is 4. The van der Waals surface area contributed by atoms with Crippen molar-refractivity contribution in [2.24, 2.45) is 5.73 Å². The highest BCUT2D eigenvalue weighted by molar-refractivity contribution is 7.92. The van der Waals surface area contributed by atoms with Crippen LogP contribution in [-0.4, -0.2) is 49.3 Å². The minimum Gasteiger partial charge on any atom is -0.392 e. The van der Waals surface area contributed by atoms with Crippen LogP contribution >= 0.6 is 12.2 Å². The molecule has 0 spiro atoms. The van der Waals surface area contributed by atoms with E-state index < -0.39 is 15.3 Å². The average molecular weight is 252 g/mol. The number of sulfonamides is 1. The Balaban J connectivity index is 2.76. The van der Waals surface area contributed by atoms with Crippen molar-refractivity contribution in [1.29, 1.82) is 0 Å². The van der Waals surface area contributed by atoms with Crippen molar-refractivity contribution in [3.63, 3.8) is 0 Å². The number of hydrogen-bond acceptors (Lipinski definition) is 4. The standard InChI is InChI=1S/C8H16N2O3S2/c1-6(8(9)14)15(11,12)10-4-3-7(5-10)13-2/h6-7H,3-5H2,1-2H3,(H2,9,14). The topological polar surface area (TPSA) is 72.6 Å². The van der Waals surface area contributed by atoms with Crippen molar-refractivity contribution >= 4 is 27.2 Å². The molecule has 0 saturated carbocycles. The van der Waals surface area contributed by atoms with Crippen LogP contribution in [0, 0.1) is 0 Å². The van der Waals surface area contributed by atoms with Crippen LogP contribution in [0.3, 0.4) is 0 Å². The zero-order valence-corrected chi connectivity index (χ0v) is 10.5. The Bertz CT molecular complexity index is 342. The Morgan fingerprint density at radius 3 is 2.67 bits per heavy atom. The summed E-state index contributed by atoms with van der Waals surface area (Å²) in [6.07, 6.45) is 0.707. The molecule has 1 saturated heterocycles. The van der Waals surface area contributed by atoms with E-state index in [1.54, 1.807) is 7.11 Å². The Hall–Kier alpha value is -0.240. The summed E-state index contributed by atoms with van der Waals surface area (Å²) in [6, 6.07) is 0. The monoisotopic (exact) mass is 252 g/mol. The fourth-order valence-corrected chi connectivity index (χ4v) is 3.33. The first-order chi connectivity index (χ1) is 6.89. The summed E-state index contributed by atoms with van der Waals surface area (Å²) in [5.74, 6) is 0. The van der Waals surface area contributed by atoms with Crippen LogP contribution in [-0.2, 0) is 14.8 Å². The number of ether oxygens (including phenoxy) is 1. The van der Waals surface area contributed by atoms with Crippen molar-refractivity contribution in [2.75, 3.05) is 20.2 Å². The lowest BCUT2D eigenvalue weighted by atomic mass is 10.3. The Kier molecular flexibility index (Phi) is 4.05. The van der Waals surface area contributed by atoms with E-state index in [1.807, 2.05) is 0 Å². The highest BCUT2D eigenvalue weighted by Gasteiger charge is 2.35. The molecule has 1 aliphatic rings. The Labute approximate surface area is 95.6 Å². The van der Waals surface area contributed by atoms with E-state index >= 15 is 0 Å². The second-order valence-corrected chi connectivity index (χ2v) is 6.32. The molecule has 2 unspecified atom stereocenters. The fourth-order valence-electron chi connectivity index (χ4n) is 1.49. The minimum atomic E-state index is -3.39. The molecule has 2 atom stereocenters. The van der Waals surface area contributed by atoms with Crippen molar-refractivity contribution in [3.05, 3.63) is 0 Å². The van der Waals surface area contributed by atoms with Gasteiger partial charge in [-0.1, -0.05) is 12.2 Å². The molecule has 0 amide bonds. The molecule has 7 heteroatoms. The number of methoxy groups -OCH3 is 1. The van der Waals surface area contributed by atoms with Gasteiger partial charge in [-0.2, -0.15) is 4.31 Å². The van der Waals surface area contributed by atoms with E-state index in [9.17, 15) is 8.42 Å². The third-order valence-corrected chi connectivity index (χ3v) is 5.35. The molecule has 0 bridgehead atoms. The fraction of sp³-hybridized carbons (Fsp3) is 0.875. The maximum absolute atomic E-state index is 11.9. The van der Waals surface area contributed by atoms with Crippen LogP contribution in [0.2, 0.25) is 0 Å². The third kappa shape index (κ3) is 2.66. The van der Waals surface area contributed by atoms with E-state index in [1.165, 1.54) is 11.2 Å². The summed E-state index contributed by atoms with van der Waals surface area (Å²) in [5, 5.41) is -0.803. The number of nitrogens with zero attached hydrogens (tertiary/aromatic N) is 1. The van der Waals surface area contributed by atoms with E-state index in [-0.39, 0.29) is 11.1 Å². The summed E-state index contributed by atoms with van der Waals surface area (Å²) in [6.45, 7) is 2.39. The molecule has 88 valence electrons. The van der Waals surface area contributed by atoms with E-state index in [0.717, 1.165) is 6.42 Å². The molecule has 0 aromatic heterocycles. The second-order valence-electron chi connectivity index (χ2n) is 3.59. The number of nitrogens with two attached hydrogens (primary N) is 1. The number of thiocarbonyl (C=S) groups is 1. The maximum Gasteiger partial charge on any atom is 0.223 e. The minimum absolute atomic E-state index is 0.0101. The Morgan fingerprint density at radius 1 is 1.67 bits per heavy atom. The van der Waals surface area contributed by atoms with Gasteiger partial charge in [0.05, 0.1) is 11.1 Å². The van der Waals surface area contributed by atoms with Crippen LogP contribution in [0.25, 0.3) is 0 Å². The highest BCUT2D eigenvalue weighted by Crippen LogP contribution is 2.19. The van der Waals surface area contributed by atoms with Gasteiger partial charge in [-0.05, 0) is 13.3 Å². The molecule has 0 radical (unpaired) electrons. The van der Waals surface area contributed by atoms with Crippen LogP contribution in [0.5, 0.6) is 0 Å². The molecule has 1 rings (SSSR count). The molecule has 2 N–H and O–H groups in total. The molecular formula is C8H16N2O3S2. The van der Waals surface area contributed by atoms with Crippen molar-refractivity contribution in [1.82, 2.24) is 4.31 Å². The second kappa shape index (κ2) is 4.73. The highest BCUT2D eigenvalue weighted by atomic mass is 32.2. The van der Waals surface area contributed by atoms with Gasteiger partial charge < -0.3 is 10.5 Å². The molecule has 0 aromatic rings. The Morgan fingerprint density at radius 2 is 2.27 bits per heavy atom. The van der Waals surface area contributed by atoms with Crippen molar-refractivity contribution in [3.8, 4) is 0 Å². The predicted octanol–water partition coefficient (Wildman–Crippen LogP) is -0.288. The molecule has 1 heterocycles. The van der Waals surface area contributed by atoms with Crippen molar-refractivity contribution < 1.29 is 13.2 Å². The van der Waals surface area contributed by atoms with Gasteiger partial charge in [-0.3, -0.25) is 0 Å². The lowest BCUT2D eigenvalue weighted by Gasteiger charge is -2.20. The smallest absolute Gasteiger partial charge is 0.223 e. The van der Waals surface area contributed by atoms with Gasteiger partial charge in [-0.25, -0.2) is 8.42 Å². The average Bonchev–Trinajstić information content (AvgIpc) is 2.65. The molecule has 5 nitrogen and oxygen atoms in total. The van der Waals surface area contributed by atoms with Crippen molar-refractivity contribution in [2.45, 2.75) is 24.7 Å². The molecule has 1 aliphatic heterocycles. The maximum atomic E-state index is 11.9. The van der Waals surface area contributed by atoms with Crippen LogP contribution in [0.15, 0.2) is 0 Å². The molecule has 0 aliphatic carbocycles. The van der Waals surface area contributed by atoms with Gasteiger partial charge >= 0.3 is 0 Å². The SMILES string of the molecule is COC1CCN(S(=O)(=O)C(C)C(N)=S)C1. The van der Waals surface area contributed by atoms with E-state index in [0.29, 0.717) is 13.1 Å². The first-order valence-electron chi connectivity index (χ1n) is 4.70. The van der Waals surface area contributed by atoms with E-state index in [4.69, 9.17) is 22.7 Å². The van der Waals surface area contributed by atoms with Gasteiger partial charge in [0.25, 0.3) is 0 Å². The first-order valence-corrected chi connectivity index (χ1v) is 6.61. The van der Waals surface area contributed by atoms with Gasteiger partial charge in [0, 0.05) is 20.2 Å². The zero-order chi connectivity index (χ0) is 11.6. The first kappa shape index (κ1) is 12.8. The van der Waals surface area contributed by atoms with Gasteiger partial charge in [0.1, 0.15) is 5.25 Å². The van der Waals surface area contributed by atoms with Gasteiger partial charge in [0.15, 0.2) is 0 Å². The van der Waals surface area contributed by atoms with Gasteiger partial charge in [0.2, 0.25) is 10.0 Å². The quantitative estimate of drug-likeness (QED) is 0.696. The van der Waals surface area contributed by atoms with Gasteiger partial charge in [-0.15, -0.1) is 0 Å². The normalized spacial score (nSPS) is 25.3. The number of hydrogen-bond donors (Lipinski definition) is 1. The van der Waals surface area contributed by atoms with Crippen LogP contribution in [0.4, 0.5) is 0 Å². The summed E-state index contributed by atoms with van der Waals surface area (Å²) < 4.78 is 30.4. The summed E-state index contributed by atoms with van der Waals surface area (Å²) in [4.78, 5) is 0.0101. The summed E-state index contributed by atoms with van der Waals surface area (Å²) in [5.41, 5.74) is 5.35. The lowest BCUT2D eigenvalue weighted by molar-refractivity contribution is 0.115. The molecule has 0 aromatic carbocycles. The summed E-state index contributed by atoms with van der Waals surface area (Å²) in [7, 11) is -1.81. The zero-order valence-electron chi connectivity index (χ0n) is 8.84. The van der Waals surface area contributed by atoms with E-state index in [2.05, 4.69) is 0 Å². The molecule has 15 heavy (non-hydrogen) atoms. The molecular weight excluding hydrogens is 236 g/mol. The third-order valence-electron chi connectivity index (χ3n) is 2.65. The predicted molar refractivity (Wildman–Crippen MR) is 62.2 cm³/mol. The molecule has 1 fully saturated rings. The largest absolute Gasteiger partial charge is 0.392 e. The summed E-state index contributed by atoms with van der Waals surface area (Å²) >= 11 is 4.70. The lowest BCUT2D eigenvalue weighted by Crippen LogP contribution is -2.42. The van der Waals surface area contributed by atoms with Crippen LogP contribution < -0.4 is 5.73 Å². The van der Waals surface area contributed by atoms with Crippen LogP contribution in [0.1, 0.15) is 13.3 Å².